The predicted octanol–water partition coefficient (Wildman–Crippen LogP) is 4.12. The number of hydrogen-bond acceptors (Lipinski definition) is 6. The third-order valence-corrected chi connectivity index (χ3v) is 5.76. The third-order valence-electron chi connectivity index (χ3n) is 5.76. The SMILES string of the molecule is CN1CCC(n2cc(-c3cnc(N)c(-c4cc(-c5ccccc5)on4)c3)cn2)CC1. The molecule has 4 heterocycles. The number of nitrogen functional groups attached to an aromatic ring is 1. The second kappa shape index (κ2) is 7.76. The number of aromatic nitrogens is 4. The van der Waals surface area contributed by atoms with Crippen LogP contribution in [0.5, 0.6) is 0 Å². The van der Waals surface area contributed by atoms with Crippen LogP contribution in [-0.4, -0.2) is 45.0 Å². The van der Waals surface area contributed by atoms with Crippen LogP contribution < -0.4 is 5.73 Å². The van der Waals surface area contributed by atoms with Crippen LogP contribution in [-0.2, 0) is 0 Å². The number of anilines is 1. The summed E-state index contributed by atoms with van der Waals surface area (Å²) in [7, 11) is 2.17. The highest BCUT2D eigenvalue weighted by Gasteiger charge is 2.20. The zero-order valence-electron chi connectivity index (χ0n) is 16.9. The van der Waals surface area contributed by atoms with E-state index in [4.69, 9.17) is 10.3 Å². The summed E-state index contributed by atoms with van der Waals surface area (Å²) in [5.41, 5.74) is 10.5. The zero-order chi connectivity index (χ0) is 20.5. The predicted molar refractivity (Wildman–Crippen MR) is 117 cm³/mol. The molecule has 0 unspecified atom stereocenters. The fourth-order valence-electron chi connectivity index (χ4n) is 3.93. The Kier molecular flexibility index (Phi) is 4.80. The van der Waals surface area contributed by atoms with Gasteiger partial charge >= 0.3 is 0 Å². The molecule has 0 radical (unpaired) electrons. The maximum absolute atomic E-state index is 6.16. The van der Waals surface area contributed by atoms with Crippen molar-refractivity contribution in [3.8, 4) is 33.7 Å². The molecule has 30 heavy (non-hydrogen) atoms. The van der Waals surface area contributed by atoms with Crippen LogP contribution in [0.3, 0.4) is 0 Å². The first-order valence-corrected chi connectivity index (χ1v) is 10.2. The summed E-state index contributed by atoms with van der Waals surface area (Å²) in [6, 6.07) is 14.2. The third kappa shape index (κ3) is 3.59. The highest BCUT2D eigenvalue weighted by molar-refractivity contribution is 5.78. The van der Waals surface area contributed by atoms with E-state index in [1.54, 1.807) is 6.20 Å². The van der Waals surface area contributed by atoms with Crippen LogP contribution in [0, 0.1) is 0 Å². The van der Waals surface area contributed by atoms with Gasteiger partial charge < -0.3 is 15.2 Å². The fraction of sp³-hybridized carbons (Fsp3) is 0.261. The van der Waals surface area contributed by atoms with E-state index in [9.17, 15) is 0 Å². The van der Waals surface area contributed by atoms with Gasteiger partial charge in [-0.15, -0.1) is 0 Å². The first kappa shape index (κ1) is 18.6. The number of nitrogens with zero attached hydrogens (tertiary/aromatic N) is 5. The van der Waals surface area contributed by atoms with Crippen LogP contribution in [0.2, 0.25) is 0 Å². The van der Waals surface area contributed by atoms with Gasteiger partial charge in [-0.3, -0.25) is 4.68 Å². The molecule has 1 aliphatic rings. The molecule has 0 bridgehead atoms. The van der Waals surface area contributed by atoms with E-state index < -0.39 is 0 Å². The summed E-state index contributed by atoms with van der Waals surface area (Å²) >= 11 is 0. The van der Waals surface area contributed by atoms with Gasteiger partial charge in [0.05, 0.1) is 12.2 Å². The summed E-state index contributed by atoms with van der Waals surface area (Å²) in [5.74, 6) is 1.12. The van der Waals surface area contributed by atoms with Crippen molar-refractivity contribution in [3.05, 3.63) is 61.1 Å². The standard InChI is InChI=1S/C23H24N6O/c1-28-9-7-19(8-10-28)29-15-18(14-26-29)17-11-20(23(24)25-13-17)21-12-22(30-27-21)16-5-3-2-4-6-16/h2-6,11-15,19H,7-10H2,1H3,(H2,24,25). The molecule has 2 N–H and O–H groups in total. The van der Waals surface area contributed by atoms with Crippen molar-refractivity contribution in [1.82, 2.24) is 24.8 Å². The highest BCUT2D eigenvalue weighted by atomic mass is 16.5. The molecule has 4 aromatic rings. The van der Waals surface area contributed by atoms with Gasteiger partial charge in [0.25, 0.3) is 0 Å². The van der Waals surface area contributed by atoms with E-state index in [0.717, 1.165) is 48.2 Å². The van der Waals surface area contributed by atoms with Gasteiger partial charge in [0.2, 0.25) is 0 Å². The molecule has 3 aromatic heterocycles. The number of benzene rings is 1. The topological polar surface area (TPSA) is 86.0 Å². The van der Waals surface area contributed by atoms with Crippen molar-refractivity contribution in [2.24, 2.45) is 0 Å². The van der Waals surface area contributed by atoms with E-state index in [0.29, 0.717) is 23.3 Å². The lowest BCUT2D eigenvalue weighted by Gasteiger charge is -2.28. The van der Waals surface area contributed by atoms with Crippen molar-refractivity contribution < 1.29 is 4.52 Å². The molecule has 0 aliphatic carbocycles. The number of pyridine rings is 1. The van der Waals surface area contributed by atoms with Crippen molar-refractivity contribution in [1.29, 1.82) is 0 Å². The van der Waals surface area contributed by atoms with Gasteiger partial charge in [-0.25, -0.2) is 4.98 Å². The fourth-order valence-corrected chi connectivity index (χ4v) is 3.93. The van der Waals surface area contributed by atoms with Gasteiger partial charge in [-0.2, -0.15) is 5.10 Å². The molecule has 0 saturated carbocycles. The second-order valence-corrected chi connectivity index (χ2v) is 7.84. The minimum atomic E-state index is 0.425. The molecule has 5 rings (SSSR count). The smallest absolute Gasteiger partial charge is 0.167 e. The molecule has 0 spiro atoms. The van der Waals surface area contributed by atoms with E-state index in [2.05, 4.69) is 38.1 Å². The molecule has 7 nitrogen and oxygen atoms in total. The summed E-state index contributed by atoms with van der Waals surface area (Å²) in [6.45, 7) is 2.20. The van der Waals surface area contributed by atoms with E-state index in [1.807, 2.05) is 48.7 Å². The summed E-state index contributed by atoms with van der Waals surface area (Å²) in [4.78, 5) is 6.76. The maximum Gasteiger partial charge on any atom is 0.167 e. The Morgan fingerprint density at radius 2 is 1.80 bits per heavy atom. The molecule has 0 amide bonds. The Morgan fingerprint density at radius 3 is 2.60 bits per heavy atom. The maximum atomic E-state index is 6.16. The van der Waals surface area contributed by atoms with E-state index in [-0.39, 0.29) is 0 Å². The molecule has 1 aliphatic heterocycles. The average Bonchev–Trinajstić information content (AvgIpc) is 3.46. The van der Waals surface area contributed by atoms with Crippen LogP contribution in [0.15, 0.2) is 65.6 Å². The van der Waals surface area contributed by atoms with Crippen LogP contribution >= 0.6 is 0 Å². The van der Waals surface area contributed by atoms with E-state index >= 15 is 0 Å². The lowest BCUT2D eigenvalue weighted by Crippen LogP contribution is -2.31. The van der Waals surface area contributed by atoms with Gasteiger partial charge in [-0.1, -0.05) is 35.5 Å². The Balaban J connectivity index is 1.43. The Morgan fingerprint density at radius 1 is 1.00 bits per heavy atom. The lowest BCUT2D eigenvalue weighted by molar-refractivity contribution is 0.212. The minimum absolute atomic E-state index is 0.425. The van der Waals surface area contributed by atoms with Gasteiger partial charge in [0.1, 0.15) is 11.5 Å². The largest absolute Gasteiger partial charge is 0.383 e. The van der Waals surface area contributed by atoms with Gasteiger partial charge in [0, 0.05) is 40.7 Å². The molecule has 1 aromatic carbocycles. The van der Waals surface area contributed by atoms with Crippen molar-refractivity contribution in [3.63, 3.8) is 0 Å². The summed E-state index contributed by atoms with van der Waals surface area (Å²) in [5, 5.41) is 8.84. The Hall–Kier alpha value is -3.45. The van der Waals surface area contributed by atoms with Gasteiger partial charge in [0.15, 0.2) is 5.76 Å². The number of piperidine rings is 1. The summed E-state index contributed by atoms with van der Waals surface area (Å²) < 4.78 is 7.63. The zero-order valence-corrected chi connectivity index (χ0v) is 16.9. The molecule has 152 valence electrons. The normalized spacial score (nSPS) is 15.5. The first-order valence-electron chi connectivity index (χ1n) is 10.2. The molecular formula is C23H24N6O. The quantitative estimate of drug-likeness (QED) is 0.555. The van der Waals surface area contributed by atoms with Crippen LogP contribution in [0.1, 0.15) is 18.9 Å². The second-order valence-electron chi connectivity index (χ2n) is 7.84. The van der Waals surface area contributed by atoms with Crippen molar-refractivity contribution in [2.75, 3.05) is 25.9 Å². The molecule has 1 fully saturated rings. The van der Waals surface area contributed by atoms with Gasteiger partial charge in [-0.05, 0) is 39.0 Å². The van der Waals surface area contributed by atoms with Crippen LogP contribution in [0.25, 0.3) is 33.7 Å². The number of nitrogens with two attached hydrogens (primary N) is 1. The minimum Gasteiger partial charge on any atom is -0.383 e. The monoisotopic (exact) mass is 400 g/mol. The molecule has 0 atom stereocenters. The molecule has 7 heteroatoms. The molecule has 1 saturated heterocycles. The number of rotatable bonds is 4. The summed E-state index contributed by atoms with van der Waals surface area (Å²) in [6.07, 6.45) is 8.01. The lowest BCUT2D eigenvalue weighted by atomic mass is 10.0. The Bertz CT molecular complexity index is 1140. The molecular weight excluding hydrogens is 376 g/mol. The highest BCUT2D eigenvalue weighted by Crippen LogP contribution is 2.32. The number of hydrogen-bond donors (Lipinski definition) is 1. The Labute approximate surface area is 175 Å². The van der Waals surface area contributed by atoms with Crippen molar-refractivity contribution in [2.45, 2.75) is 18.9 Å². The van der Waals surface area contributed by atoms with E-state index in [1.165, 1.54) is 0 Å². The first-order chi connectivity index (χ1) is 14.7. The number of likely N-dealkylation sites (tertiary alicyclic amines) is 1. The van der Waals surface area contributed by atoms with Crippen LogP contribution in [0.4, 0.5) is 5.82 Å². The van der Waals surface area contributed by atoms with Crippen molar-refractivity contribution >= 4 is 5.82 Å². The average molecular weight is 400 g/mol.